The SMILES string of the molecule is O=C(c1cc(Cl)c2c(c1)OCO2)N1CCN(Cc2ccc(C(F)(F)F)cc2)CC1. The molecule has 0 radical (unpaired) electrons. The lowest BCUT2D eigenvalue weighted by Crippen LogP contribution is -2.48. The van der Waals surface area contributed by atoms with Gasteiger partial charge in [0.1, 0.15) is 0 Å². The predicted molar refractivity (Wildman–Crippen MR) is 100 cm³/mol. The highest BCUT2D eigenvalue weighted by molar-refractivity contribution is 6.32. The van der Waals surface area contributed by atoms with Crippen LogP contribution in [0.3, 0.4) is 0 Å². The lowest BCUT2D eigenvalue weighted by atomic mass is 10.1. The van der Waals surface area contributed by atoms with Gasteiger partial charge in [-0.1, -0.05) is 23.7 Å². The lowest BCUT2D eigenvalue weighted by molar-refractivity contribution is -0.137. The first kappa shape index (κ1) is 19.8. The van der Waals surface area contributed by atoms with Crippen LogP contribution in [0.5, 0.6) is 11.5 Å². The molecule has 1 amide bonds. The topological polar surface area (TPSA) is 42.0 Å². The number of alkyl halides is 3. The van der Waals surface area contributed by atoms with Crippen LogP contribution in [0.15, 0.2) is 36.4 Å². The minimum Gasteiger partial charge on any atom is -0.454 e. The molecule has 2 aromatic carbocycles. The van der Waals surface area contributed by atoms with Crippen LogP contribution in [-0.2, 0) is 12.7 Å². The van der Waals surface area contributed by atoms with Crippen molar-refractivity contribution in [2.45, 2.75) is 12.7 Å². The monoisotopic (exact) mass is 426 g/mol. The second-order valence-electron chi connectivity index (χ2n) is 6.95. The third-order valence-corrected chi connectivity index (χ3v) is 5.30. The molecular weight excluding hydrogens is 409 g/mol. The summed E-state index contributed by atoms with van der Waals surface area (Å²) in [5, 5.41) is 0.337. The summed E-state index contributed by atoms with van der Waals surface area (Å²) in [6.07, 6.45) is -4.33. The zero-order valence-electron chi connectivity index (χ0n) is 15.3. The number of carbonyl (C=O) groups is 1. The van der Waals surface area contributed by atoms with Crippen molar-refractivity contribution < 1.29 is 27.4 Å². The average molecular weight is 427 g/mol. The Kier molecular flexibility index (Phi) is 5.31. The maximum Gasteiger partial charge on any atom is 0.416 e. The molecule has 0 bridgehead atoms. The molecule has 1 fully saturated rings. The van der Waals surface area contributed by atoms with E-state index in [0.29, 0.717) is 54.8 Å². The number of benzene rings is 2. The molecule has 0 aromatic heterocycles. The molecule has 4 rings (SSSR count). The van der Waals surface area contributed by atoms with Gasteiger partial charge in [-0.25, -0.2) is 0 Å². The van der Waals surface area contributed by atoms with Crippen molar-refractivity contribution in [1.29, 1.82) is 0 Å². The molecule has 0 N–H and O–H groups in total. The summed E-state index contributed by atoms with van der Waals surface area (Å²) in [7, 11) is 0. The number of halogens is 4. The van der Waals surface area contributed by atoms with Crippen LogP contribution in [0.2, 0.25) is 5.02 Å². The van der Waals surface area contributed by atoms with Crippen molar-refractivity contribution in [3.05, 3.63) is 58.1 Å². The highest BCUT2D eigenvalue weighted by Crippen LogP contribution is 2.40. The maximum absolute atomic E-state index is 12.8. The Bertz CT molecular complexity index is 910. The van der Waals surface area contributed by atoms with Crippen LogP contribution in [-0.4, -0.2) is 48.7 Å². The quantitative estimate of drug-likeness (QED) is 0.742. The number of hydrogen-bond donors (Lipinski definition) is 0. The van der Waals surface area contributed by atoms with Gasteiger partial charge in [-0.2, -0.15) is 13.2 Å². The summed E-state index contributed by atoms with van der Waals surface area (Å²) in [6.45, 7) is 2.92. The molecule has 154 valence electrons. The van der Waals surface area contributed by atoms with Crippen LogP contribution in [0, 0.1) is 0 Å². The van der Waals surface area contributed by atoms with E-state index in [4.69, 9.17) is 21.1 Å². The van der Waals surface area contributed by atoms with Gasteiger partial charge in [0.25, 0.3) is 5.91 Å². The number of piperazine rings is 1. The molecule has 0 spiro atoms. The molecule has 0 aliphatic carbocycles. The fourth-order valence-corrected chi connectivity index (χ4v) is 3.71. The largest absolute Gasteiger partial charge is 0.454 e. The van der Waals surface area contributed by atoms with Gasteiger partial charge in [-0.05, 0) is 29.8 Å². The first-order chi connectivity index (χ1) is 13.8. The summed E-state index contributed by atoms with van der Waals surface area (Å²) in [4.78, 5) is 16.6. The van der Waals surface area contributed by atoms with Crippen molar-refractivity contribution in [2.75, 3.05) is 33.0 Å². The molecule has 2 heterocycles. The number of nitrogens with zero attached hydrogens (tertiary/aromatic N) is 2. The van der Waals surface area contributed by atoms with E-state index in [2.05, 4.69) is 4.90 Å². The molecular formula is C20H18ClF3N2O3. The summed E-state index contributed by atoms with van der Waals surface area (Å²) in [5.41, 5.74) is 0.592. The van der Waals surface area contributed by atoms with E-state index in [0.717, 1.165) is 17.7 Å². The highest BCUT2D eigenvalue weighted by Gasteiger charge is 2.30. The minimum atomic E-state index is -4.33. The normalized spacial score (nSPS) is 16.9. The van der Waals surface area contributed by atoms with E-state index < -0.39 is 11.7 Å². The standard InChI is InChI=1S/C20H18ClF3N2O3/c21-16-9-14(10-17-18(16)29-12-28-17)19(27)26-7-5-25(6-8-26)11-13-1-3-15(4-2-13)20(22,23)24/h1-4,9-10H,5-8,11-12H2. The molecule has 0 saturated carbocycles. The third-order valence-electron chi connectivity index (χ3n) is 5.02. The first-order valence-corrected chi connectivity index (χ1v) is 9.46. The summed E-state index contributed by atoms with van der Waals surface area (Å²) in [6, 6.07) is 8.39. The van der Waals surface area contributed by atoms with Gasteiger partial charge in [0.05, 0.1) is 10.6 Å². The number of hydrogen-bond acceptors (Lipinski definition) is 4. The van der Waals surface area contributed by atoms with E-state index >= 15 is 0 Å². The van der Waals surface area contributed by atoms with Crippen LogP contribution in [0.1, 0.15) is 21.5 Å². The molecule has 2 aromatic rings. The molecule has 5 nitrogen and oxygen atoms in total. The summed E-state index contributed by atoms with van der Waals surface area (Å²) < 4.78 is 48.6. The van der Waals surface area contributed by atoms with Gasteiger partial charge in [-0.3, -0.25) is 9.69 Å². The fraction of sp³-hybridized carbons (Fsp3) is 0.350. The zero-order valence-corrected chi connectivity index (χ0v) is 16.1. The number of carbonyl (C=O) groups excluding carboxylic acids is 1. The Morgan fingerprint density at radius 3 is 2.38 bits per heavy atom. The lowest BCUT2D eigenvalue weighted by Gasteiger charge is -2.35. The van der Waals surface area contributed by atoms with Crippen molar-refractivity contribution in [3.63, 3.8) is 0 Å². The van der Waals surface area contributed by atoms with Crippen molar-refractivity contribution >= 4 is 17.5 Å². The van der Waals surface area contributed by atoms with Crippen molar-refractivity contribution in [1.82, 2.24) is 9.80 Å². The smallest absolute Gasteiger partial charge is 0.416 e. The zero-order chi connectivity index (χ0) is 20.6. The number of rotatable bonds is 3. The van der Waals surface area contributed by atoms with E-state index in [9.17, 15) is 18.0 Å². The Balaban J connectivity index is 1.35. The van der Waals surface area contributed by atoms with Crippen LogP contribution >= 0.6 is 11.6 Å². The van der Waals surface area contributed by atoms with Gasteiger partial charge in [0.2, 0.25) is 6.79 Å². The Morgan fingerprint density at radius 2 is 1.72 bits per heavy atom. The molecule has 9 heteroatoms. The van der Waals surface area contributed by atoms with Crippen LogP contribution in [0.25, 0.3) is 0 Å². The molecule has 29 heavy (non-hydrogen) atoms. The fourth-order valence-electron chi connectivity index (χ4n) is 3.44. The molecule has 2 aliphatic rings. The van der Waals surface area contributed by atoms with E-state index in [-0.39, 0.29) is 12.7 Å². The van der Waals surface area contributed by atoms with E-state index in [1.807, 2.05) is 0 Å². The second-order valence-corrected chi connectivity index (χ2v) is 7.36. The van der Waals surface area contributed by atoms with E-state index in [1.54, 1.807) is 17.0 Å². The Morgan fingerprint density at radius 1 is 1.03 bits per heavy atom. The Hall–Kier alpha value is -2.45. The second kappa shape index (κ2) is 7.76. The summed E-state index contributed by atoms with van der Waals surface area (Å²) in [5.74, 6) is 0.769. The Labute approximate surface area is 170 Å². The first-order valence-electron chi connectivity index (χ1n) is 9.08. The van der Waals surface area contributed by atoms with Gasteiger partial charge in [0, 0.05) is 38.3 Å². The molecule has 1 saturated heterocycles. The number of fused-ring (bicyclic) bond motifs is 1. The van der Waals surface area contributed by atoms with Crippen molar-refractivity contribution in [2.24, 2.45) is 0 Å². The van der Waals surface area contributed by atoms with E-state index in [1.165, 1.54) is 12.1 Å². The number of amides is 1. The number of ether oxygens (including phenoxy) is 2. The molecule has 2 aliphatic heterocycles. The maximum atomic E-state index is 12.8. The van der Waals surface area contributed by atoms with Crippen LogP contribution in [0.4, 0.5) is 13.2 Å². The average Bonchev–Trinajstić information content (AvgIpc) is 3.17. The third kappa shape index (κ3) is 4.28. The van der Waals surface area contributed by atoms with Gasteiger partial charge < -0.3 is 14.4 Å². The highest BCUT2D eigenvalue weighted by atomic mass is 35.5. The van der Waals surface area contributed by atoms with Gasteiger partial charge in [0.15, 0.2) is 11.5 Å². The summed E-state index contributed by atoms with van der Waals surface area (Å²) >= 11 is 6.16. The molecule has 0 atom stereocenters. The predicted octanol–water partition coefficient (Wildman–Crippen LogP) is 4.05. The van der Waals surface area contributed by atoms with Crippen LogP contribution < -0.4 is 9.47 Å². The van der Waals surface area contributed by atoms with Gasteiger partial charge in [-0.15, -0.1) is 0 Å². The van der Waals surface area contributed by atoms with Crippen molar-refractivity contribution in [3.8, 4) is 11.5 Å². The molecule has 0 unspecified atom stereocenters. The van der Waals surface area contributed by atoms with Gasteiger partial charge >= 0.3 is 6.18 Å². The minimum absolute atomic E-state index is 0.0787.